The van der Waals surface area contributed by atoms with Crippen LogP contribution < -0.4 is 10.6 Å². The fourth-order valence-electron chi connectivity index (χ4n) is 3.11. The molecule has 0 saturated heterocycles. The van der Waals surface area contributed by atoms with Crippen LogP contribution in [0.1, 0.15) is 35.0 Å². The maximum atomic E-state index is 5.46. The Morgan fingerprint density at radius 1 is 1.04 bits per heavy atom. The first-order valence-corrected chi connectivity index (χ1v) is 9.68. The summed E-state index contributed by atoms with van der Waals surface area (Å²) in [5, 5.41) is 11.9. The highest BCUT2D eigenvalue weighted by Crippen LogP contribution is 2.15. The minimum Gasteiger partial charge on any atom is -0.358 e. The molecule has 0 aliphatic carbocycles. The van der Waals surface area contributed by atoms with Gasteiger partial charge in [0.05, 0.1) is 12.2 Å². The smallest absolute Gasteiger partial charge is 0.171 e. The van der Waals surface area contributed by atoms with E-state index >= 15 is 0 Å². The van der Waals surface area contributed by atoms with Crippen LogP contribution in [0.15, 0.2) is 54.6 Å². The third kappa shape index (κ3) is 4.95. The van der Waals surface area contributed by atoms with Crippen molar-refractivity contribution in [1.82, 2.24) is 15.1 Å². The predicted octanol–water partition coefficient (Wildman–Crippen LogP) is 4.60. The molecule has 5 heteroatoms. The van der Waals surface area contributed by atoms with Gasteiger partial charge < -0.3 is 10.6 Å². The van der Waals surface area contributed by atoms with Crippen molar-refractivity contribution in [3.05, 3.63) is 82.7 Å². The van der Waals surface area contributed by atoms with E-state index in [1.54, 1.807) is 0 Å². The minimum absolute atomic E-state index is 0.623. The molecule has 0 amide bonds. The van der Waals surface area contributed by atoms with Gasteiger partial charge in [0.25, 0.3) is 0 Å². The summed E-state index contributed by atoms with van der Waals surface area (Å²) >= 11 is 5.46. The normalized spacial score (nSPS) is 10.6. The van der Waals surface area contributed by atoms with Gasteiger partial charge in [0.2, 0.25) is 0 Å². The highest BCUT2D eigenvalue weighted by atomic mass is 32.1. The molecule has 0 fully saturated rings. The van der Waals surface area contributed by atoms with Crippen molar-refractivity contribution in [2.45, 2.75) is 40.3 Å². The second-order valence-electron chi connectivity index (χ2n) is 6.65. The molecule has 2 N–H and O–H groups in total. The third-order valence-corrected chi connectivity index (χ3v) is 4.97. The molecule has 0 radical (unpaired) electrons. The number of nitrogens with zero attached hydrogens (tertiary/aromatic N) is 2. The van der Waals surface area contributed by atoms with E-state index in [-0.39, 0.29) is 0 Å². The van der Waals surface area contributed by atoms with Gasteiger partial charge in [-0.1, -0.05) is 49.4 Å². The van der Waals surface area contributed by atoms with Gasteiger partial charge in [-0.25, -0.2) is 0 Å². The van der Waals surface area contributed by atoms with E-state index in [1.807, 2.05) is 25.1 Å². The van der Waals surface area contributed by atoms with Crippen molar-refractivity contribution in [2.24, 2.45) is 0 Å². The molecule has 0 bridgehead atoms. The van der Waals surface area contributed by atoms with Crippen LogP contribution in [-0.2, 0) is 19.5 Å². The fourth-order valence-corrected chi connectivity index (χ4v) is 3.30. The first-order chi connectivity index (χ1) is 13.1. The molecular formula is C22H26N4S. The number of anilines is 1. The van der Waals surface area contributed by atoms with Gasteiger partial charge in [0, 0.05) is 23.5 Å². The molecule has 2 aromatic carbocycles. The Kier molecular flexibility index (Phi) is 6.24. The summed E-state index contributed by atoms with van der Waals surface area (Å²) in [5.74, 6) is 0. The van der Waals surface area contributed by atoms with E-state index < -0.39 is 0 Å². The average molecular weight is 379 g/mol. The van der Waals surface area contributed by atoms with Crippen LogP contribution in [-0.4, -0.2) is 14.9 Å². The predicted molar refractivity (Wildman–Crippen MR) is 116 cm³/mol. The third-order valence-electron chi connectivity index (χ3n) is 4.73. The summed E-state index contributed by atoms with van der Waals surface area (Å²) < 4.78 is 2.06. The van der Waals surface area contributed by atoms with Gasteiger partial charge in [-0.15, -0.1) is 0 Å². The molecule has 27 heavy (non-hydrogen) atoms. The molecule has 0 unspecified atom stereocenters. The quantitative estimate of drug-likeness (QED) is 0.615. The van der Waals surface area contributed by atoms with E-state index in [0.717, 1.165) is 24.3 Å². The van der Waals surface area contributed by atoms with Gasteiger partial charge >= 0.3 is 0 Å². The summed E-state index contributed by atoms with van der Waals surface area (Å²) in [4.78, 5) is 0. The molecule has 0 atom stereocenters. The summed E-state index contributed by atoms with van der Waals surface area (Å²) in [6.07, 6.45) is 1.01. The van der Waals surface area contributed by atoms with Crippen molar-refractivity contribution in [1.29, 1.82) is 0 Å². The minimum atomic E-state index is 0.623. The van der Waals surface area contributed by atoms with Crippen molar-refractivity contribution in [3.8, 4) is 0 Å². The van der Waals surface area contributed by atoms with E-state index in [0.29, 0.717) is 11.7 Å². The molecule has 0 aliphatic heterocycles. The molecule has 3 aromatic rings. The highest BCUT2D eigenvalue weighted by Gasteiger charge is 2.12. The molecular weight excluding hydrogens is 352 g/mol. The van der Waals surface area contributed by atoms with Gasteiger partial charge in [0.15, 0.2) is 5.11 Å². The number of hydrogen-bond donors (Lipinski definition) is 2. The lowest BCUT2D eigenvalue weighted by molar-refractivity contribution is 0.657. The zero-order valence-corrected chi connectivity index (χ0v) is 16.9. The number of aryl methyl sites for hydroxylation is 2. The van der Waals surface area contributed by atoms with Crippen LogP contribution in [0.3, 0.4) is 0 Å². The summed E-state index contributed by atoms with van der Waals surface area (Å²) in [6, 6.07) is 18.7. The Balaban J connectivity index is 1.63. The van der Waals surface area contributed by atoms with Crippen LogP contribution in [0.5, 0.6) is 0 Å². The molecule has 140 valence electrons. The largest absolute Gasteiger partial charge is 0.358 e. The maximum Gasteiger partial charge on any atom is 0.171 e. The molecule has 0 aliphatic rings. The zero-order chi connectivity index (χ0) is 19.2. The summed E-state index contributed by atoms with van der Waals surface area (Å²) in [7, 11) is 0. The SMILES string of the molecule is CCc1cccc(NC(=S)NCc2c(C)nn(Cc3ccccc3)c2C)c1. The second kappa shape index (κ2) is 8.82. The number of hydrogen-bond acceptors (Lipinski definition) is 2. The van der Waals surface area contributed by atoms with Crippen molar-refractivity contribution in [3.63, 3.8) is 0 Å². The standard InChI is InChI=1S/C22H26N4S/c1-4-18-11-8-12-20(13-18)24-22(27)23-14-21-16(2)25-26(17(21)3)15-19-9-6-5-7-10-19/h5-13H,4,14-15H2,1-3H3,(H2,23,24,27). The van der Waals surface area contributed by atoms with Gasteiger partial charge in [-0.05, 0) is 55.7 Å². The van der Waals surface area contributed by atoms with Crippen LogP contribution in [0.4, 0.5) is 5.69 Å². The van der Waals surface area contributed by atoms with Crippen LogP contribution >= 0.6 is 12.2 Å². The molecule has 3 rings (SSSR count). The zero-order valence-electron chi connectivity index (χ0n) is 16.1. The lowest BCUT2D eigenvalue weighted by atomic mass is 10.1. The second-order valence-corrected chi connectivity index (χ2v) is 7.06. The van der Waals surface area contributed by atoms with Crippen LogP contribution in [0, 0.1) is 13.8 Å². The molecule has 0 saturated carbocycles. The van der Waals surface area contributed by atoms with E-state index in [9.17, 15) is 0 Å². The molecule has 1 aromatic heterocycles. The Morgan fingerprint density at radius 3 is 2.52 bits per heavy atom. The van der Waals surface area contributed by atoms with Crippen molar-refractivity contribution in [2.75, 3.05) is 5.32 Å². The van der Waals surface area contributed by atoms with Crippen LogP contribution in [0.25, 0.3) is 0 Å². The topological polar surface area (TPSA) is 41.9 Å². The number of benzene rings is 2. The lowest BCUT2D eigenvalue weighted by Crippen LogP contribution is -2.28. The summed E-state index contributed by atoms with van der Waals surface area (Å²) in [5.41, 5.74) is 6.94. The fraction of sp³-hybridized carbons (Fsp3) is 0.273. The Labute approximate surface area is 166 Å². The maximum absolute atomic E-state index is 5.46. The Bertz CT molecular complexity index is 915. The Hall–Kier alpha value is -2.66. The number of rotatable bonds is 6. The van der Waals surface area contributed by atoms with Crippen molar-refractivity contribution >= 4 is 23.0 Å². The Morgan fingerprint density at radius 2 is 1.78 bits per heavy atom. The van der Waals surface area contributed by atoms with Gasteiger partial charge in [-0.2, -0.15) is 5.10 Å². The number of nitrogens with one attached hydrogen (secondary N) is 2. The van der Waals surface area contributed by atoms with E-state index in [1.165, 1.54) is 22.4 Å². The molecule has 0 spiro atoms. The lowest BCUT2D eigenvalue weighted by Gasteiger charge is -2.12. The van der Waals surface area contributed by atoms with Gasteiger partial charge in [0.1, 0.15) is 0 Å². The van der Waals surface area contributed by atoms with Crippen molar-refractivity contribution < 1.29 is 0 Å². The van der Waals surface area contributed by atoms with Gasteiger partial charge in [-0.3, -0.25) is 4.68 Å². The molecule has 1 heterocycles. The number of aromatic nitrogens is 2. The number of thiocarbonyl (C=S) groups is 1. The molecule has 4 nitrogen and oxygen atoms in total. The highest BCUT2D eigenvalue weighted by molar-refractivity contribution is 7.80. The van der Waals surface area contributed by atoms with E-state index in [2.05, 4.69) is 65.6 Å². The summed E-state index contributed by atoms with van der Waals surface area (Å²) in [6.45, 7) is 7.74. The monoisotopic (exact) mass is 378 g/mol. The first kappa shape index (κ1) is 19.1. The average Bonchev–Trinajstić information content (AvgIpc) is 2.94. The van der Waals surface area contributed by atoms with Crippen LogP contribution in [0.2, 0.25) is 0 Å². The van der Waals surface area contributed by atoms with E-state index in [4.69, 9.17) is 17.3 Å². The first-order valence-electron chi connectivity index (χ1n) is 9.27.